The first-order valence-corrected chi connectivity index (χ1v) is 9.86. The molecule has 0 spiro atoms. The maximum absolute atomic E-state index is 12.3. The smallest absolute Gasteiger partial charge is 0.221 e. The Balaban J connectivity index is 0.00000143. The molecule has 0 aliphatic rings. The van der Waals surface area contributed by atoms with E-state index in [1.807, 2.05) is 31.9 Å². The Morgan fingerprint density at radius 3 is 2.14 bits per heavy atom. The van der Waals surface area contributed by atoms with E-state index in [9.17, 15) is 9.59 Å². The van der Waals surface area contributed by atoms with Gasteiger partial charge in [0, 0.05) is 41.7 Å². The normalized spacial score (nSPS) is 9.34. The van der Waals surface area contributed by atoms with Gasteiger partial charge in [0.25, 0.3) is 0 Å². The summed E-state index contributed by atoms with van der Waals surface area (Å²) in [5.41, 5.74) is 2.18. The first kappa shape index (κ1) is 26.6. The minimum absolute atomic E-state index is 0.00281. The number of benzene rings is 2. The molecule has 2 aromatic carbocycles. The molecule has 2 rings (SSSR count). The summed E-state index contributed by atoms with van der Waals surface area (Å²) in [6.45, 7) is 7.68. The number of nitriles is 1. The lowest BCUT2D eigenvalue weighted by molar-refractivity contribution is -0.114. The average Bonchev–Trinajstić information content (AvgIpc) is 2.66. The number of carbonyl (C=O) groups is 2. The van der Waals surface area contributed by atoms with Gasteiger partial charge in [0.05, 0.1) is 12.6 Å². The van der Waals surface area contributed by atoms with E-state index >= 15 is 0 Å². The standard InChI is InChI=1S/C18H18Cl2N2O2.C2H3N.C2H6/c1-12(23)21-16-7-4-13(5-8-16)18(24)11-22(2)10-14-3-6-15(19)9-17(14)20;1-2-3;1-2/h3-9H,10-11H2,1-2H3,(H,21,23);1H3;1-2H3. The van der Waals surface area contributed by atoms with Gasteiger partial charge in [0.1, 0.15) is 0 Å². The van der Waals surface area contributed by atoms with E-state index in [0.717, 1.165) is 5.56 Å². The van der Waals surface area contributed by atoms with Crippen LogP contribution in [0.15, 0.2) is 42.5 Å². The lowest BCUT2D eigenvalue weighted by Crippen LogP contribution is -2.25. The van der Waals surface area contributed by atoms with Crippen LogP contribution in [0.3, 0.4) is 0 Å². The van der Waals surface area contributed by atoms with Crippen molar-refractivity contribution in [3.63, 3.8) is 0 Å². The monoisotopic (exact) mass is 435 g/mol. The Hall–Kier alpha value is -2.39. The predicted molar refractivity (Wildman–Crippen MR) is 121 cm³/mol. The van der Waals surface area contributed by atoms with Gasteiger partial charge in [-0.15, -0.1) is 0 Å². The highest BCUT2D eigenvalue weighted by atomic mass is 35.5. The van der Waals surface area contributed by atoms with Crippen molar-refractivity contribution in [1.82, 2.24) is 4.90 Å². The third-order valence-electron chi connectivity index (χ3n) is 3.40. The molecule has 0 unspecified atom stereocenters. The van der Waals surface area contributed by atoms with Crippen molar-refractivity contribution in [3.8, 4) is 6.07 Å². The van der Waals surface area contributed by atoms with Gasteiger partial charge >= 0.3 is 0 Å². The Morgan fingerprint density at radius 2 is 1.66 bits per heavy atom. The second-order valence-corrected chi connectivity index (χ2v) is 6.66. The van der Waals surface area contributed by atoms with Gasteiger partial charge in [-0.25, -0.2) is 0 Å². The van der Waals surface area contributed by atoms with Gasteiger partial charge in [-0.3, -0.25) is 14.5 Å². The Bertz CT molecular complexity index is 831. The summed E-state index contributed by atoms with van der Waals surface area (Å²) in [5.74, 6) is -0.148. The van der Waals surface area contributed by atoms with Gasteiger partial charge in [-0.1, -0.05) is 43.1 Å². The molecule has 0 bridgehead atoms. The number of carbonyl (C=O) groups excluding carboxylic acids is 2. The van der Waals surface area contributed by atoms with Gasteiger partial charge in [0.2, 0.25) is 5.91 Å². The number of likely N-dealkylation sites (N-methyl/N-ethyl adjacent to an activating group) is 1. The number of nitrogens with zero attached hydrogens (tertiary/aromatic N) is 2. The molecule has 156 valence electrons. The zero-order chi connectivity index (χ0) is 22.4. The molecule has 1 amide bonds. The molecule has 0 atom stereocenters. The average molecular weight is 436 g/mol. The molecule has 0 aromatic heterocycles. The van der Waals surface area contributed by atoms with Crippen LogP contribution in [-0.4, -0.2) is 30.2 Å². The number of anilines is 1. The van der Waals surface area contributed by atoms with E-state index in [-0.39, 0.29) is 18.2 Å². The van der Waals surface area contributed by atoms with Crippen molar-refractivity contribution in [2.24, 2.45) is 0 Å². The molecule has 0 aliphatic carbocycles. The summed E-state index contributed by atoms with van der Waals surface area (Å²) in [5, 5.41) is 11.2. The Labute approximate surface area is 183 Å². The summed E-state index contributed by atoms with van der Waals surface area (Å²) >= 11 is 12.0. The van der Waals surface area contributed by atoms with Crippen LogP contribution in [0.2, 0.25) is 10.0 Å². The summed E-state index contributed by atoms with van der Waals surface area (Å²) in [4.78, 5) is 25.2. The van der Waals surface area contributed by atoms with E-state index in [1.54, 1.807) is 42.5 Å². The summed E-state index contributed by atoms with van der Waals surface area (Å²) in [6.07, 6.45) is 0. The Morgan fingerprint density at radius 1 is 1.10 bits per heavy atom. The molecular weight excluding hydrogens is 409 g/mol. The van der Waals surface area contributed by atoms with E-state index in [4.69, 9.17) is 28.5 Å². The minimum Gasteiger partial charge on any atom is -0.326 e. The number of amides is 1. The van der Waals surface area contributed by atoms with Crippen molar-refractivity contribution in [1.29, 1.82) is 5.26 Å². The van der Waals surface area contributed by atoms with Crippen molar-refractivity contribution >= 4 is 40.6 Å². The molecule has 2 aromatic rings. The number of hydrogen-bond acceptors (Lipinski definition) is 4. The second-order valence-electron chi connectivity index (χ2n) is 5.81. The molecule has 7 heteroatoms. The molecule has 0 fully saturated rings. The van der Waals surface area contributed by atoms with Crippen LogP contribution in [0.1, 0.15) is 43.6 Å². The Kier molecular flexibility index (Phi) is 13.4. The second kappa shape index (κ2) is 14.6. The van der Waals surface area contributed by atoms with Crippen molar-refractivity contribution < 1.29 is 9.59 Å². The molecule has 29 heavy (non-hydrogen) atoms. The first-order chi connectivity index (χ1) is 13.8. The quantitative estimate of drug-likeness (QED) is 0.579. The third kappa shape index (κ3) is 10.7. The lowest BCUT2D eigenvalue weighted by atomic mass is 10.1. The zero-order valence-electron chi connectivity index (χ0n) is 17.4. The van der Waals surface area contributed by atoms with Crippen LogP contribution in [0.4, 0.5) is 5.69 Å². The van der Waals surface area contributed by atoms with Gasteiger partial charge in [-0.05, 0) is 49.0 Å². The topological polar surface area (TPSA) is 73.2 Å². The zero-order valence-corrected chi connectivity index (χ0v) is 18.9. The first-order valence-electron chi connectivity index (χ1n) is 9.11. The van der Waals surface area contributed by atoms with E-state index in [2.05, 4.69) is 5.32 Å². The van der Waals surface area contributed by atoms with Crippen LogP contribution in [-0.2, 0) is 11.3 Å². The van der Waals surface area contributed by atoms with Crippen molar-refractivity contribution in [3.05, 3.63) is 63.6 Å². The highest BCUT2D eigenvalue weighted by Crippen LogP contribution is 2.22. The number of ketones is 1. The SMILES string of the molecule is CC.CC#N.CC(=O)Nc1ccc(C(=O)CN(C)Cc2ccc(Cl)cc2Cl)cc1. The molecule has 0 saturated heterocycles. The predicted octanol–water partition coefficient (Wildman–Crippen LogP) is 5.82. The maximum Gasteiger partial charge on any atom is 0.221 e. The fourth-order valence-electron chi connectivity index (χ4n) is 2.28. The van der Waals surface area contributed by atoms with Crippen LogP contribution in [0.5, 0.6) is 0 Å². The van der Waals surface area contributed by atoms with Gasteiger partial charge in [-0.2, -0.15) is 5.26 Å². The number of Topliss-reactive ketones (excluding diaryl/α,β-unsaturated/α-hetero) is 1. The molecule has 1 N–H and O–H groups in total. The molecular formula is C22H27Cl2N3O2. The van der Waals surface area contributed by atoms with Crippen molar-refractivity contribution in [2.45, 2.75) is 34.2 Å². The minimum atomic E-state index is -0.145. The third-order valence-corrected chi connectivity index (χ3v) is 3.98. The van der Waals surface area contributed by atoms with E-state index < -0.39 is 0 Å². The van der Waals surface area contributed by atoms with E-state index in [0.29, 0.717) is 27.8 Å². The van der Waals surface area contributed by atoms with Gasteiger partial charge < -0.3 is 5.32 Å². The molecule has 0 saturated carbocycles. The van der Waals surface area contributed by atoms with Gasteiger partial charge in [0.15, 0.2) is 5.78 Å². The molecule has 0 heterocycles. The molecule has 0 radical (unpaired) electrons. The largest absolute Gasteiger partial charge is 0.326 e. The number of hydrogen-bond donors (Lipinski definition) is 1. The van der Waals surface area contributed by atoms with Crippen LogP contribution in [0.25, 0.3) is 0 Å². The highest BCUT2D eigenvalue weighted by Gasteiger charge is 2.11. The number of rotatable bonds is 6. The van der Waals surface area contributed by atoms with Crippen molar-refractivity contribution in [2.75, 3.05) is 18.9 Å². The molecule has 0 aliphatic heterocycles. The van der Waals surface area contributed by atoms with Crippen LogP contribution in [0, 0.1) is 11.3 Å². The fourth-order valence-corrected chi connectivity index (χ4v) is 2.74. The summed E-state index contributed by atoms with van der Waals surface area (Å²) in [6, 6.07) is 13.9. The number of halogens is 2. The van der Waals surface area contributed by atoms with Crippen LogP contribution < -0.4 is 5.32 Å². The summed E-state index contributed by atoms with van der Waals surface area (Å²) < 4.78 is 0. The lowest BCUT2D eigenvalue weighted by Gasteiger charge is -2.17. The van der Waals surface area contributed by atoms with Crippen LogP contribution >= 0.6 is 23.2 Å². The summed E-state index contributed by atoms with van der Waals surface area (Å²) in [7, 11) is 1.86. The molecule has 5 nitrogen and oxygen atoms in total. The fraction of sp³-hybridized carbons (Fsp3) is 0.318. The number of nitrogens with one attached hydrogen (secondary N) is 1. The highest BCUT2D eigenvalue weighted by molar-refractivity contribution is 6.35. The van der Waals surface area contributed by atoms with E-state index in [1.165, 1.54) is 13.8 Å². The maximum atomic E-state index is 12.3.